The third-order valence-corrected chi connectivity index (χ3v) is 9.01. The molecule has 0 bridgehead atoms. The van der Waals surface area contributed by atoms with E-state index in [2.05, 4.69) is 21.3 Å². The first kappa shape index (κ1) is 82.2. The predicted octanol–water partition coefficient (Wildman–Crippen LogP) is 9.31. The van der Waals surface area contributed by atoms with Gasteiger partial charge in [-0.3, -0.25) is 57.5 Å². The molecule has 0 heterocycles. The molecule has 0 spiro atoms. The number of Topliss-reactive ketones (excluding diaryl/α,β-unsaturated/α-hetero) is 7. The second kappa shape index (κ2) is 52.1. The first-order valence-corrected chi connectivity index (χ1v) is 25.4. The molecule has 74 heavy (non-hydrogen) atoms. The molecular weight excluding hydrogens is 955 g/mol. The van der Waals surface area contributed by atoms with Gasteiger partial charge in [0.15, 0.2) is 11.6 Å². The fraction of sp³-hybridized carbons (Fsp3) is 0.702. The Morgan fingerprint density at radius 2 is 0.784 bits per heavy atom. The SMILES string of the molecule is CC#CC(=O)C(C)C.CC(=O)/C=C/C(=O)C(C)C.CC(=O)CCC(=O)C(C)C.CC(C)C(=O)CCC(N)=O.CC(C)OC(=O)CCC(=O)C(C)C.CCOC(=O)CCC(=O)C(C)C.COC(=O)CCC(=O)C(C)C. The van der Waals surface area contributed by atoms with E-state index in [1.165, 1.54) is 33.1 Å². The molecule has 0 aliphatic carbocycles. The Bertz CT molecular complexity index is 1770. The van der Waals surface area contributed by atoms with Gasteiger partial charge in [-0.15, -0.1) is 0 Å². The Labute approximate surface area is 444 Å². The number of carbonyl (C=O) groups excluding carboxylic acids is 13. The largest absolute Gasteiger partial charge is 0.469 e. The van der Waals surface area contributed by atoms with Crippen LogP contribution in [-0.2, 0) is 76.5 Å². The van der Waals surface area contributed by atoms with E-state index >= 15 is 0 Å². The zero-order chi connectivity index (χ0) is 59.9. The molecule has 0 saturated heterocycles. The summed E-state index contributed by atoms with van der Waals surface area (Å²) in [4.78, 5) is 140. The van der Waals surface area contributed by atoms with Crippen LogP contribution in [0, 0.1) is 53.3 Å². The molecule has 0 aromatic carbocycles. The van der Waals surface area contributed by atoms with Crippen LogP contribution in [0.15, 0.2) is 12.2 Å². The standard InChI is InChI=1S/C10H18O3.C9H16O3.C8H14O3.C8H14O2.C8H12O2.C7H13NO2.C7H10O/c1-7(2)9(11)5-6-10(12)13-8(3)4;1-4-12-9(11)6-5-8(10)7(2)3;1-6(2)7(9)4-5-8(10)11-3;2*1-6(2)8(10)5-4-7(3)9;1-5(2)6(9)3-4-7(8)10;1-4-5-7(8)6(2)3/h7-8H,5-6H2,1-4H3;7H,4-6H2,1-3H3;6H,4-5H2,1-3H3;6H,4-5H2,1-3H3;4-6H,1-3H3;5H,3-4H2,1-2H3,(H2,8,10);6H,1-3H3/b;;;;5-4+;;. The van der Waals surface area contributed by atoms with E-state index < -0.39 is 5.91 Å². The fourth-order valence-corrected chi connectivity index (χ4v) is 3.98. The summed E-state index contributed by atoms with van der Waals surface area (Å²) in [5, 5.41) is 0. The molecule has 0 aliphatic rings. The van der Waals surface area contributed by atoms with Gasteiger partial charge >= 0.3 is 17.9 Å². The van der Waals surface area contributed by atoms with E-state index in [1.54, 1.807) is 41.5 Å². The highest BCUT2D eigenvalue weighted by molar-refractivity contribution is 5.98. The monoisotopic (exact) mass is 1050 g/mol. The molecule has 0 aromatic rings. The number of esters is 3. The van der Waals surface area contributed by atoms with Crippen molar-refractivity contribution in [3.05, 3.63) is 12.2 Å². The van der Waals surface area contributed by atoms with Gasteiger partial charge in [0, 0.05) is 86.4 Å². The molecule has 0 aromatic heterocycles. The molecule has 0 fully saturated rings. The Hall–Kier alpha value is -5.79. The maximum Gasteiger partial charge on any atom is 0.306 e. The third-order valence-electron chi connectivity index (χ3n) is 9.01. The van der Waals surface area contributed by atoms with Crippen molar-refractivity contribution in [3.63, 3.8) is 0 Å². The summed E-state index contributed by atoms with van der Waals surface area (Å²) >= 11 is 0. The summed E-state index contributed by atoms with van der Waals surface area (Å²) in [5.41, 5.74) is 4.85. The zero-order valence-electron chi connectivity index (χ0n) is 49.2. The quantitative estimate of drug-likeness (QED) is 0.0278. The Morgan fingerprint density at radius 3 is 1.03 bits per heavy atom. The van der Waals surface area contributed by atoms with Gasteiger partial charge in [0.2, 0.25) is 11.7 Å². The van der Waals surface area contributed by atoms with Crippen molar-refractivity contribution in [2.45, 2.75) is 209 Å². The highest BCUT2D eigenvalue weighted by Crippen LogP contribution is 2.06. The average molecular weight is 1050 g/mol. The van der Waals surface area contributed by atoms with Crippen LogP contribution in [-0.4, -0.2) is 95.7 Å². The van der Waals surface area contributed by atoms with Crippen LogP contribution < -0.4 is 5.73 Å². The molecule has 0 atom stereocenters. The van der Waals surface area contributed by atoms with Gasteiger partial charge in [-0.2, -0.15) is 0 Å². The number of primary amides is 1. The molecule has 0 radical (unpaired) electrons. The molecule has 17 nitrogen and oxygen atoms in total. The van der Waals surface area contributed by atoms with Gasteiger partial charge in [-0.05, 0) is 59.6 Å². The molecule has 1 amide bonds. The summed E-state index contributed by atoms with van der Waals surface area (Å²) in [7, 11) is 1.32. The molecular formula is C57H97NO16. The molecule has 0 aliphatic heterocycles. The van der Waals surface area contributed by atoms with Gasteiger partial charge in [0.25, 0.3) is 0 Å². The van der Waals surface area contributed by atoms with Gasteiger partial charge in [-0.1, -0.05) is 103 Å². The normalized spacial score (nSPS) is 9.96. The first-order valence-electron chi connectivity index (χ1n) is 25.4. The van der Waals surface area contributed by atoms with Crippen molar-refractivity contribution in [2.75, 3.05) is 13.7 Å². The van der Waals surface area contributed by atoms with Crippen LogP contribution in [0.3, 0.4) is 0 Å². The predicted molar refractivity (Wildman–Crippen MR) is 288 cm³/mol. The minimum absolute atomic E-state index is 0.00444. The number of hydrogen-bond acceptors (Lipinski definition) is 16. The fourth-order valence-electron chi connectivity index (χ4n) is 3.98. The number of nitrogens with two attached hydrogens (primary N) is 1. The van der Waals surface area contributed by atoms with Gasteiger partial charge in [-0.25, -0.2) is 0 Å². The number of allylic oxidation sites excluding steroid dienone is 2. The lowest BCUT2D eigenvalue weighted by Crippen LogP contribution is -2.14. The maximum absolute atomic E-state index is 11.1. The number of methoxy groups -OCH3 is 1. The Morgan fingerprint density at radius 1 is 0.446 bits per heavy atom. The number of rotatable bonds is 26. The Balaban J connectivity index is -0.000000142. The van der Waals surface area contributed by atoms with E-state index in [0.29, 0.717) is 38.7 Å². The van der Waals surface area contributed by atoms with Crippen molar-refractivity contribution >= 4 is 75.9 Å². The van der Waals surface area contributed by atoms with Gasteiger partial charge in [0.1, 0.15) is 34.7 Å². The summed E-state index contributed by atoms with van der Waals surface area (Å²) in [6, 6.07) is 0. The summed E-state index contributed by atoms with van der Waals surface area (Å²) in [6.45, 7) is 35.9. The van der Waals surface area contributed by atoms with Crippen LogP contribution >= 0.6 is 0 Å². The van der Waals surface area contributed by atoms with Gasteiger partial charge < -0.3 is 24.7 Å². The smallest absolute Gasteiger partial charge is 0.306 e. The zero-order valence-corrected chi connectivity index (χ0v) is 49.2. The lowest BCUT2D eigenvalue weighted by atomic mass is 10.0. The van der Waals surface area contributed by atoms with Crippen molar-refractivity contribution < 1.29 is 76.5 Å². The van der Waals surface area contributed by atoms with Crippen LogP contribution in [0.25, 0.3) is 0 Å². The summed E-state index contributed by atoms with van der Waals surface area (Å²) in [6.07, 6.45) is 5.31. The van der Waals surface area contributed by atoms with E-state index in [-0.39, 0.29) is 150 Å². The minimum atomic E-state index is -0.408. The van der Waals surface area contributed by atoms with E-state index in [0.717, 1.165) is 0 Å². The van der Waals surface area contributed by atoms with Gasteiger partial charge in [0.05, 0.1) is 39.1 Å². The van der Waals surface area contributed by atoms with E-state index in [4.69, 9.17) is 10.5 Å². The first-order chi connectivity index (χ1) is 33.9. The molecule has 0 saturated carbocycles. The highest BCUT2D eigenvalue weighted by Gasteiger charge is 2.13. The second-order valence-electron chi connectivity index (χ2n) is 19.1. The molecule has 0 rings (SSSR count). The van der Waals surface area contributed by atoms with Crippen molar-refractivity contribution in [1.82, 2.24) is 0 Å². The molecule has 17 heteroatoms. The van der Waals surface area contributed by atoms with Crippen molar-refractivity contribution in [2.24, 2.45) is 47.2 Å². The molecule has 2 N–H and O–H groups in total. The number of ether oxygens (including phenoxy) is 3. The lowest BCUT2D eigenvalue weighted by molar-refractivity contribution is -0.148. The van der Waals surface area contributed by atoms with E-state index in [1.807, 2.05) is 83.1 Å². The third kappa shape index (κ3) is 68.3. The summed E-state index contributed by atoms with van der Waals surface area (Å²) in [5.74, 6) is 4.48. The van der Waals surface area contributed by atoms with Crippen LogP contribution in [0.1, 0.15) is 203 Å². The minimum Gasteiger partial charge on any atom is -0.469 e. The lowest BCUT2D eigenvalue weighted by Gasteiger charge is -2.07. The number of carbonyl (C=O) groups is 13. The summed E-state index contributed by atoms with van der Waals surface area (Å²) < 4.78 is 14.0. The number of ketones is 9. The Kier molecular flexibility index (Phi) is 57.9. The molecule has 0 unspecified atom stereocenters. The second-order valence-corrected chi connectivity index (χ2v) is 19.1. The average Bonchev–Trinajstić information content (AvgIpc) is 3.29. The molecule has 426 valence electrons. The van der Waals surface area contributed by atoms with Crippen LogP contribution in [0.5, 0.6) is 0 Å². The maximum atomic E-state index is 11.1. The van der Waals surface area contributed by atoms with E-state index in [9.17, 15) is 62.3 Å². The van der Waals surface area contributed by atoms with Crippen LogP contribution in [0.4, 0.5) is 0 Å². The number of hydrogen-bond donors (Lipinski definition) is 1. The number of amides is 1. The van der Waals surface area contributed by atoms with Crippen molar-refractivity contribution in [3.8, 4) is 11.8 Å². The van der Waals surface area contributed by atoms with Crippen molar-refractivity contribution in [1.29, 1.82) is 0 Å². The van der Waals surface area contributed by atoms with Crippen LogP contribution in [0.2, 0.25) is 0 Å². The topological polar surface area (TPSA) is 276 Å². The highest BCUT2D eigenvalue weighted by atomic mass is 16.5.